The van der Waals surface area contributed by atoms with Crippen LogP contribution in [0.25, 0.3) is 0 Å². The highest BCUT2D eigenvalue weighted by atomic mass is 19.4. The zero-order valence-electron chi connectivity index (χ0n) is 29.5. The molecule has 0 fully saturated rings. The Morgan fingerprint density at radius 3 is 2.28 bits per heavy atom. The number of carbonyl (C=O) groups excluding carboxylic acids is 2. The number of carbonyl (C=O) groups is 2. The molecule has 0 aromatic heterocycles. The molecule has 50 heavy (non-hydrogen) atoms. The fourth-order valence-electron chi connectivity index (χ4n) is 5.83. The van der Waals surface area contributed by atoms with E-state index in [1.807, 2.05) is 43.3 Å². The lowest BCUT2D eigenvalue weighted by Gasteiger charge is -2.32. The van der Waals surface area contributed by atoms with Crippen LogP contribution in [0.3, 0.4) is 0 Å². The average Bonchev–Trinajstić information content (AvgIpc) is 3.47. The average molecular weight is 700 g/mol. The van der Waals surface area contributed by atoms with Crippen LogP contribution in [0.15, 0.2) is 66.7 Å². The molecule has 0 spiro atoms. The molecular weight excluding hydrogens is 651 g/mol. The van der Waals surface area contributed by atoms with Crippen molar-refractivity contribution in [3.63, 3.8) is 0 Å². The van der Waals surface area contributed by atoms with Gasteiger partial charge < -0.3 is 34.1 Å². The number of amides is 2. The van der Waals surface area contributed by atoms with Gasteiger partial charge in [-0.2, -0.15) is 13.2 Å². The van der Waals surface area contributed by atoms with Crippen molar-refractivity contribution in [2.45, 2.75) is 71.4 Å². The minimum absolute atomic E-state index is 0.0202. The standard InChI is InChI=1S/C38H48F3N3O6/c1-27(44(36(46)50-37(2,3)4)19-21-48-32-14-9-10-15-33(32)49-26-38(39,40)41)22-29-23-30-16-18-43(34(30)31(24-29)35(45)42-5)17-11-20-47-25-28-12-7-6-8-13-28/h6-10,12-15,23-24,27H,11,16-22,25-26H2,1-5H3,(H,42,45)/t27-/m1/s1. The van der Waals surface area contributed by atoms with Gasteiger partial charge in [0.25, 0.3) is 5.91 Å². The van der Waals surface area contributed by atoms with Gasteiger partial charge in [-0.1, -0.05) is 48.5 Å². The van der Waals surface area contributed by atoms with Gasteiger partial charge in [0.15, 0.2) is 18.1 Å². The van der Waals surface area contributed by atoms with Gasteiger partial charge in [0.1, 0.15) is 12.2 Å². The van der Waals surface area contributed by atoms with Crippen LogP contribution in [0.4, 0.5) is 23.7 Å². The number of ether oxygens (including phenoxy) is 4. The van der Waals surface area contributed by atoms with Crippen molar-refractivity contribution in [2.75, 3.05) is 51.4 Å². The van der Waals surface area contributed by atoms with Crippen LogP contribution < -0.4 is 19.7 Å². The van der Waals surface area contributed by atoms with Gasteiger partial charge in [-0.3, -0.25) is 4.79 Å². The molecule has 0 aliphatic carbocycles. The first-order valence-corrected chi connectivity index (χ1v) is 16.9. The summed E-state index contributed by atoms with van der Waals surface area (Å²) in [5.41, 5.74) is 3.83. The van der Waals surface area contributed by atoms with Gasteiger partial charge in [-0.05, 0) is 81.8 Å². The summed E-state index contributed by atoms with van der Waals surface area (Å²) in [6.45, 7) is 8.52. The maximum Gasteiger partial charge on any atom is 0.422 e. The summed E-state index contributed by atoms with van der Waals surface area (Å²) < 4.78 is 60.7. The molecule has 1 atom stereocenters. The maximum absolute atomic E-state index is 13.4. The van der Waals surface area contributed by atoms with Gasteiger partial charge in [0, 0.05) is 32.8 Å². The van der Waals surface area contributed by atoms with Crippen molar-refractivity contribution >= 4 is 17.7 Å². The molecule has 272 valence electrons. The van der Waals surface area contributed by atoms with Crippen molar-refractivity contribution in [2.24, 2.45) is 0 Å². The first-order chi connectivity index (χ1) is 23.7. The Balaban J connectivity index is 1.44. The molecule has 0 saturated heterocycles. The number of hydrogen-bond donors (Lipinski definition) is 1. The largest absolute Gasteiger partial charge is 0.488 e. The van der Waals surface area contributed by atoms with Crippen molar-refractivity contribution in [1.29, 1.82) is 0 Å². The molecule has 1 aliphatic rings. The SMILES string of the molecule is CNC(=O)c1cc(C[C@@H](C)N(CCOc2ccccc2OCC(F)(F)F)C(=O)OC(C)(C)C)cc2c1N(CCCOCc1ccccc1)CC2. The number of halogens is 3. The molecule has 1 N–H and O–H groups in total. The zero-order valence-corrected chi connectivity index (χ0v) is 29.5. The Morgan fingerprint density at radius 2 is 1.62 bits per heavy atom. The minimum Gasteiger partial charge on any atom is -0.488 e. The molecule has 3 aromatic rings. The molecule has 9 nitrogen and oxygen atoms in total. The van der Waals surface area contributed by atoms with E-state index >= 15 is 0 Å². The normalized spacial score (nSPS) is 13.4. The monoisotopic (exact) mass is 699 g/mol. The smallest absolute Gasteiger partial charge is 0.422 e. The highest BCUT2D eigenvalue weighted by Gasteiger charge is 2.31. The molecule has 3 aromatic carbocycles. The van der Waals surface area contributed by atoms with Gasteiger partial charge in [-0.15, -0.1) is 0 Å². The molecule has 0 unspecified atom stereocenters. The number of alkyl halides is 3. The van der Waals surface area contributed by atoms with E-state index in [1.54, 1.807) is 44.9 Å². The molecule has 1 heterocycles. The van der Waals surface area contributed by atoms with Crippen molar-refractivity contribution in [3.8, 4) is 11.5 Å². The number of nitrogens with one attached hydrogen (secondary N) is 1. The summed E-state index contributed by atoms with van der Waals surface area (Å²) in [4.78, 5) is 30.3. The number of hydrogen-bond acceptors (Lipinski definition) is 7. The van der Waals surface area contributed by atoms with E-state index in [0.717, 1.165) is 48.3 Å². The minimum atomic E-state index is -4.50. The Hall–Kier alpha value is -4.45. The number of nitrogens with zero attached hydrogens (tertiary/aromatic N) is 2. The molecule has 12 heteroatoms. The van der Waals surface area contributed by atoms with E-state index in [0.29, 0.717) is 25.2 Å². The van der Waals surface area contributed by atoms with Crippen molar-refractivity contribution < 1.29 is 41.7 Å². The molecule has 0 saturated carbocycles. The van der Waals surface area contributed by atoms with E-state index in [4.69, 9.17) is 18.9 Å². The lowest BCUT2D eigenvalue weighted by atomic mass is 9.97. The number of para-hydroxylation sites is 2. The van der Waals surface area contributed by atoms with Crippen molar-refractivity contribution in [1.82, 2.24) is 10.2 Å². The maximum atomic E-state index is 13.4. The fourth-order valence-corrected chi connectivity index (χ4v) is 5.83. The topological polar surface area (TPSA) is 89.6 Å². The third kappa shape index (κ3) is 11.6. The van der Waals surface area contributed by atoms with E-state index in [2.05, 4.69) is 16.3 Å². The van der Waals surface area contributed by atoms with Crippen LogP contribution in [0.5, 0.6) is 11.5 Å². The van der Waals surface area contributed by atoms with E-state index < -0.39 is 24.5 Å². The Kier molecular flexibility index (Phi) is 13.4. The van der Waals surface area contributed by atoms with E-state index in [9.17, 15) is 22.8 Å². The van der Waals surface area contributed by atoms with Gasteiger partial charge in [-0.25, -0.2) is 4.79 Å². The summed E-state index contributed by atoms with van der Waals surface area (Å²) in [7, 11) is 1.61. The predicted octanol–water partition coefficient (Wildman–Crippen LogP) is 7.20. The second-order valence-corrected chi connectivity index (χ2v) is 13.3. The lowest BCUT2D eigenvalue weighted by molar-refractivity contribution is -0.153. The molecular formula is C38H48F3N3O6. The Morgan fingerprint density at radius 1 is 0.940 bits per heavy atom. The van der Waals surface area contributed by atoms with Crippen molar-refractivity contribution in [3.05, 3.63) is 89.0 Å². The van der Waals surface area contributed by atoms with E-state index in [1.165, 1.54) is 12.1 Å². The molecule has 0 bridgehead atoms. The number of fused-ring (bicyclic) bond motifs is 1. The van der Waals surface area contributed by atoms with Crippen LogP contribution >= 0.6 is 0 Å². The molecule has 2 amide bonds. The zero-order chi connectivity index (χ0) is 36.3. The quantitative estimate of drug-likeness (QED) is 0.158. The highest BCUT2D eigenvalue weighted by Crippen LogP contribution is 2.34. The van der Waals surface area contributed by atoms with Gasteiger partial charge in [0.05, 0.1) is 24.4 Å². The van der Waals surface area contributed by atoms with E-state index in [-0.39, 0.29) is 36.6 Å². The predicted molar refractivity (Wildman–Crippen MR) is 186 cm³/mol. The highest BCUT2D eigenvalue weighted by molar-refractivity contribution is 6.01. The van der Waals surface area contributed by atoms with Gasteiger partial charge in [0.2, 0.25) is 0 Å². The summed E-state index contributed by atoms with van der Waals surface area (Å²) in [5.74, 6) is -0.100. The second-order valence-electron chi connectivity index (χ2n) is 13.3. The third-order valence-electron chi connectivity index (χ3n) is 8.04. The van der Waals surface area contributed by atoms with Crippen LogP contribution in [-0.4, -0.2) is 81.2 Å². The summed E-state index contributed by atoms with van der Waals surface area (Å²) in [5, 5.41) is 2.77. The molecule has 0 radical (unpaired) electrons. The van der Waals surface area contributed by atoms with Gasteiger partial charge >= 0.3 is 12.3 Å². The van der Waals surface area contributed by atoms with Crippen LogP contribution in [-0.2, 0) is 28.9 Å². The lowest BCUT2D eigenvalue weighted by Crippen LogP contribution is -2.45. The summed E-state index contributed by atoms with van der Waals surface area (Å²) in [6.07, 6.45) is -3.03. The first kappa shape index (κ1) is 38.4. The number of benzene rings is 3. The van der Waals surface area contributed by atoms with Crippen LogP contribution in [0.2, 0.25) is 0 Å². The summed E-state index contributed by atoms with van der Waals surface area (Å²) >= 11 is 0. The summed E-state index contributed by atoms with van der Waals surface area (Å²) in [6, 6.07) is 19.7. The first-order valence-electron chi connectivity index (χ1n) is 16.9. The Bertz CT molecular complexity index is 1560. The van der Waals surface area contributed by atoms with Crippen LogP contribution in [0, 0.1) is 0 Å². The third-order valence-corrected chi connectivity index (χ3v) is 8.04. The Labute approximate surface area is 292 Å². The number of anilines is 1. The second kappa shape index (κ2) is 17.5. The molecule has 1 aliphatic heterocycles. The fraction of sp³-hybridized carbons (Fsp3) is 0.474. The number of rotatable bonds is 16. The van der Waals surface area contributed by atoms with Crippen LogP contribution in [0.1, 0.15) is 61.2 Å². The molecule has 4 rings (SSSR count).